The van der Waals surface area contributed by atoms with Gasteiger partial charge in [-0.25, -0.2) is 4.39 Å². The molecule has 1 saturated heterocycles. The van der Waals surface area contributed by atoms with Crippen molar-refractivity contribution >= 4 is 5.69 Å². The van der Waals surface area contributed by atoms with Gasteiger partial charge in [-0.3, -0.25) is 0 Å². The number of hydrogen-bond acceptors (Lipinski definition) is 5. The van der Waals surface area contributed by atoms with Gasteiger partial charge in [0.25, 0.3) is 0 Å². The van der Waals surface area contributed by atoms with E-state index in [-0.39, 0.29) is 17.7 Å². The number of methoxy groups -OCH3 is 1. The molecular weight excluding hydrogens is 345 g/mol. The number of halogens is 1. The number of ether oxygens (including phenoxy) is 2. The Morgan fingerprint density at radius 1 is 1.30 bits per heavy atom. The zero-order valence-corrected chi connectivity index (χ0v) is 15.5. The number of nitrogens with one attached hydrogen (secondary N) is 1. The van der Waals surface area contributed by atoms with Crippen molar-refractivity contribution in [1.29, 1.82) is 5.26 Å². The van der Waals surface area contributed by atoms with Crippen LogP contribution in [0.2, 0.25) is 0 Å². The molecule has 0 aliphatic carbocycles. The third-order valence-corrected chi connectivity index (χ3v) is 4.68. The summed E-state index contributed by atoms with van der Waals surface area (Å²) in [5.41, 5.74) is 2.48. The fraction of sp³-hybridized carbons (Fsp3) is 0.381. The molecule has 1 unspecified atom stereocenters. The molecule has 1 fully saturated rings. The minimum atomic E-state index is -0.366. The molecule has 0 spiro atoms. The van der Waals surface area contributed by atoms with E-state index in [9.17, 15) is 4.39 Å². The van der Waals surface area contributed by atoms with Crippen molar-refractivity contribution in [1.82, 2.24) is 5.32 Å². The summed E-state index contributed by atoms with van der Waals surface area (Å²) in [7, 11) is 1.46. The molecule has 0 bridgehead atoms. The Bertz CT molecular complexity index is 783. The highest BCUT2D eigenvalue weighted by molar-refractivity contribution is 5.50. The maximum absolute atomic E-state index is 14.1. The highest BCUT2D eigenvalue weighted by atomic mass is 19.1. The summed E-state index contributed by atoms with van der Waals surface area (Å²) < 4.78 is 24.9. The maximum atomic E-state index is 14.1. The topological polar surface area (TPSA) is 57.5 Å². The number of hydrogen-bond donors (Lipinski definition) is 1. The van der Waals surface area contributed by atoms with Gasteiger partial charge >= 0.3 is 0 Å². The number of rotatable bonds is 7. The molecular formula is C21H24FN3O2. The lowest BCUT2D eigenvalue weighted by molar-refractivity contribution is 0.0248. The summed E-state index contributed by atoms with van der Waals surface area (Å²) in [6.45, 7) is 3.80. The van der Waals surface area contributed by atoms with Gasteiger partial charge in [0.05, 0.1) is 31.5 Å². The Kier molecular flexibility index (Phi) is 6.64. The zero-order valence-electron chi connectivity index (χ0n) is 15.5. The molecule has 2 aromatic rings. The summed E-state index contributed by atoms with van der Waals surface area (Å²) in [6, 6.07) is 14.6. The van der Waals surface area contributed by atoms with E-state index < -0.39 is 0 Å². The lowest BCUT2D eigenvalue weighted by atomic mass is 10.1. The number of anilines is 1. The van der Waals surface area contributed by atoms with Gasteiger partial charge in [0, 0.05) is 31.9 Å². The van der Waals surface area contributed by atoms with Crippen LogP contribution in [-0.2, 0) is 11.3 Å². The summed E-state index contributed by atoms with van der Waals surface area (Å²) in [5.74, 6) is -0.125. The molecule has 1 atom stereocenters. The maximum Gasteiger partial charge on any atom is 0.165 e. The van der Waals surface area contributed by atoms with Crippen LogP contribution in [0.15, 0.2) is 42.5 Å². The minimum absolute atomic E-state index is 0.173. The second-order valence-electron chi connectivity index (χ2n) is 6.53. The van der Waals surface area contributed by atoms with Gasteiger partial charge < -0.3 is 19.7 Å². The van der Waals surface area contributed by atoms with E-state index in [0.29, 0.717) is 12.1 Å². The number of morpholine rings is 1. The van der Waals surface area contributed by atoms with Crippen LogP contribution in [0.1, 0.15) is 17.5 Å². The van der Waals surface area contributed by atoms with Gasteiger partial charge in [-0.1, -0.05) is 6.07 Å². The first kappa shape index (κ1) is 19.2. The Balaban J connectivity index is 1.75. The molecule has 5 nitrogen and oxygen atoms in total. The van der Waals surface area contributed by atoms with Crippen LogP contribution in [0.5, 0.6) is 5.75 Å². The molecule has 1 N–H and O–H groups in total. The highest BCUT2D eigenvalue weighted by Gasteiger charge is 2.16. The summed E-state index contributed by atoms with van der Waals surface area (Å²) in [4.78, 5) is 2.18. The molecule has 0 radical (unpaired) electrons. The third-order valence-electron chi connectivity index (χ3n) is 4.68. The Morgan fingerprint density at radius 3 is 2.74 bits per heavy atom. The molecule has 1 aliphatic heterocycles. The van der Waals surface area contributed by atoms with Crippen molar-refractivity contribution < 1.29 is 13.9 Å². The van der Waals surface area contributed by atoms with E-state index in [1.54, 1.807) is 18.2 Å². The van der Waals surface area contributed by atoms with Crippen LogP contribution in [0.25, 0.3) is 0 Å². The minimum Gasteiger partial charge on any atom is -0.494 e. The number of benzene rings is 2. The fourth-order valence-electron chi connectivity index (χ4n) is 3.18. The second-order valence-corrected chi connectivity index (χ2v) is 6.53. The van der Waals surface area contributed by atoms with E-state index in [2.05, 4.69) is 16.3 Å². The molecule has 0 saturated carbocycles. The molecule has 27 heavy (non-hydrogen) atoms. The van der Waals surface area contributed by atoms with Crippen molar-refractivity contribution in [3.05, 3.63) is 59.4 Å². The molecule has 142 valence electrons. The largest absolute Gasteiger partial charge is 0.494 e. The monoisotopic (exact) mass is 369 g/mol. The number of nitriles is 1. The van der Waals surface area contributed by atoms with Crippen LogP contribution in [-0.4, -0.2) is 39.5 Å². The standard InChI is InChI=1S/C21H24FN3O2/c1-26-21-7-4-17(12-20(21)22)15-25(10-8-19-14-24-9-11-27-19)18-5-2-16(13-23)3-6-18/h2-7,12,19,24H,8-11,14-15H2,1H3. The average molecular weight is 369 g/mol. The van der Waals surface area contributed by atoms with Crippen LogP contribution in [0, 0.1) is 17.1 Å². The van der Waals surface area contributed by atoms with Crippen molar-refractivity contribution in [2.24, 2.45) is 0 Å². The third kappa shape index (κ3) is 5.19. The highest BCUT2D eigenvalue weighted by Crippen LogP contribution is 2.23. The normalized spacial score (nSPS) is 16.6. The smallest absolute Gasteiger partial charge is 0.165 e. The van der Waals surface area contributed by atoms with E-state index in [1.165, 1.54) is 13.2 Å². The average Bonchev–Trinajstić information content (AvgIpc) is 2.72. The second kappa shape index (κ2) is 9.36. The van der Waals surface area contributed by atoms with Crippen LogP contribution >= 0.6 is 0 Å². The van der Waals surface area contributed by atoms with E-state index in [1.807, 2.05) is 18.2 Å². The van der Waals surface area contributed by atoms with Crippen molar-refractivity contribution in [2.75, 3.05) is 38.3 Å². The van der Waals surface area contributed by atoms with Gasteiger partial charge in [-0.2, -0.15) is 5.26 Å². The molecule has 0 aromatic heterocycles. The lowest BCUT2D eigenvalue weighted by Crippen LogP contribution is -2.40. The molecule has 1 heterocycles. The Hall–Kier alpha value is -2.62. The summed E-state index contributed by atoms with van der Waals surface area (Å²) in [6.07, 6.45) is 1.04. The van der Waals surface area contributed by atoms with Gasteiger partial charge in [0.2, 0.25) is 0 Å². The SMILES string of the molecule is COc1ccc(CN(CCC2CNCCO2)c2ccc(C#N)cc2)cc1F. The molecule has 3 rings (SSSR count). The van der Waals surface area contributed by atoms with E-state index >= 15 is 0 Å². The predicted octanol–water partition coefficient (Wildman–Crippen LogP) is 3.09. The Morgan fingerprint density at radius 2 is 2.11 bits per heavy atom. The van der Waals surface area contributed by atoms with E-state index in [0.717, 1.165) is 43.9 Å². The predicted molar refractivity (Wildman–Crippen MR) is 102 cm³/mol. The zero-order chi connectivity index (χ0) is 19.1. The lowest BCUT2D eigenvalue weighted by Gasteiger charge is -2.29. The molecule has 0 amide bonds. The Labute approximate surface area is 159 Å². The van der Waals surface area contributed by atoms with Gasteiger partial charge in [0.15, 0.2) is 11.6 Å². The first-order chi connectivity index (χ1) is 13.2. The van der Waals surface area contributed by atoms with Gasteiger partial charge in [-0.15, -0.1) is 0 Å². The van der Waals surface area contributed by atoms with Crippen molar-refractivity contribution in [3.63, 3.8) is 0 Å². The van der Waals surface area contributed by atoms with Crippen LogP contribution in [0.3, 0.4) is 0 Å². The van der Waals surface area contributed by atoms with E-state index in [4.69, 9.17) is 14.7 Å². The first-order valence-corrected chi connectivity index (χ1v) is 9.09. The fourth-order valence-corrected chi connectivity index (χ4v) is 3.18. The quantitative estimate of drug-likeness (QED) is 0.813. The van der Waals surface area contributed by atoms with Crippen LogP contribution < -0.4 is 15.0 Å². The van der Waals surface area contributed by atoms with Crippen molar-refractivity contribution in [3.8, 4) is 11.8 Å². The molecule has 1 aliphatic rings. The van der Waals surface area contributed by atoms with Crippen molar-refractivity contribution in [2.45, 2.75) is 19.1 Å². The number of nitrogens with zero attached hydrogens (tertiary/aromatic N) is 2. The van der Waals surface area contributed by atoms with Gasteiger partial charge in [0.1, 0.15) is 0 Å². The van der Waals surface area contributed by atoms with Crippen LogP contribution in [0.4, 0.5) is 10.1 Å². The molecule has 2 aromatic carbocycles. The molecule has 6 heteroatoms. The summed E-state index contributed by atoms with van der Waals surface area (Å²) >= 11 is 0. The summed E-state index contributed by atoms with van der Waals surface area (Å²) in [5, 5.41) is 12.4. The first-order valence-electron chi connectivity index (χ1n) is 9.09. The van der Waals surface area contributed by atoms with Gasteiger partial charge in [-0.05, 0) is 48.4 Å².